The molecule has 1 N–H and O–H groups in total. The molecule has 0 aliphatic heterocycles. The largest absolute Gasteiger partial charge is 0.464 e. The lowest BCUT2D eigenvalue weighted by atomic mass is 9.43. The van der Waals surface area contributed by atoms with E-state index in [1.807, 2.05) is 0 Å². The van der Waals surface area contributed by atoms with Gasteiger partial charge in [-0.25, -0.2) is 0 Å². The minimum Gasteiger partial charge on any atom is -0.464 e. The summed E-state index contributed by atoms with van der Waals surface area (Å²) < 4.78 is 5.74. The highest BCUT2D eigenvalue weighted by atomic mass is 16.5. The minimum atomic E-state index is -0.482. The van der Waals surface area contributed by atoms with Crippen LogP contribution in [0.2, 0.25) is 0 Å². The molecule has 35 heavy (non-hydrogen) atoms. The van der Waals surface area contributed by atoms with E-state index >= 15 is 0 Å². The first kappa shape index (κ1) is 26.7. The highest BCUT2D eigenvalue weighted by Crippen LogP contribution is 2.71. The predicted molar refractivity (Wildman–Crippen MR) is 144 cm³/mol. The maximum Gasteiger partial charge on any atom is 0.293 e. The van der Waals surface area contributed by atoms with Crippen molar-refractivity contribution >= 4 is 6.47 Å². The molecule has 0 radical (unpaired) electrons. The summed E-state index contributed by atoms with van der Waals surface area (Å²) in [5, 5.41) is 11.6. The molecule has 196 valence electrons. The Balaban J connectivity index is 1.71. The molecular weight excluding hydrogens is 432 g/mol. The van der Waals surface area contributed by atoms with Crippen molar-refractivity contribution in [2.24, 2.45) is 45.3 Å². The summed E-state index contributed by atoms with van der Waals surface area (Å²) >= 11 is 0. The Morgan fingerprint density at radius 1 is 1.20 bits per heavy atom. The first-order chi connectivity index (χ1) is 16.2. The van der Waals surface area contributed by atoms with E-state index in [1.54, 1.807) is 5.57 Å². The third-order valence-electron chi connectivity index (χ3n) is 12.0. The Bertz CT molecular complexity index is 925. The number of allylic oxidation sites excluding steroid dienone is 5. The molecule has 4 rings (SSSR count). The Labute approximate surface area is 214 Å². The summed E-state index contributed by atoms with van der Waals surface area (Å²) in [5.41, 5.74) is 4.45. The summed E-state index contributed by atoms with van der Waals surface area (Å²) in [7, 11) is 0. The maximum atomic E-state index is 11.6. The maximum absolute atomic E-state index is 11.6. The fourth-order valence-corrected chi connectivity index (χ4v) is 8.97. The number of hydrogen-bond acceptors (Lipinski definition) is 3. The molecule has 0 aromatic rings. The van der Waals surface area contributed by atoms with Crippen LogP contribution < -0.4 is 0 Å². The Morgan fingerprint density at radius 3 is 2.51 bits per heavy atom. The van der Waals surface area contributed by atoms with Crippen LogP contribution in [-0.2, 0) is 9.53 Å². The summed E-state index contributed by atoms with van der Waals surface area (Å²) in [5.74, 6) is 1.71. The van der Waals surface area contributed by atoms with Gasteiger partial charge in [-0.2, -0.15) is 0 Å². The van der Waals surface area contributed by atoms with E-state index in [0.29, 0.717) is 23.7 Å². The van der Waals surface area contributed by atoms with E-state index in [4.69, 9.17) is 4.74 Å². The van der Waals surface area contributed by atoms with Crippen LogP contribution in [0.25, 0.3) is 0 Å². The monoisotopic (exact) mass is 482 g/mol. The number of carbonyl (C=O) groups is 1. The third-order valence-corrected chi connectivity index (χ3v) is 12.0. The molecule has 0 bridgehead atoms. The van der Waals surface area contributed by atoms with Gasteiger partial charge >= 0.3 is 0 Å². The van der Waals surface area contributed by atoms with Gasteiger partial charge in [0.2, 0.25) is 0 Å². The number of aliphatic hydroxyl groups excluding tert-OH is 1. The van der Waals surface area contributed by atoms with Crippen molar-refractivity contribution in [1.29, 1.82) is 0 Å². The van der Waals surface area contributed by atoms with E-state index in [1.165, 1.54) is 24.0 Å². The highest BCUT2D eigenvalue weighted by molar-refractivity contribution is 5.50. The predicted octanol–water partition coefficient (Wildman–Crippen LogP) is 7.65. The second kappa shape index (κ2) is 8.89. The van der Waals surface area contributed by atoms with Gasteiger partial charge in [0, 0.05) is 11.3 Å². The number of rotatable bonds is 7. The van der Waals surface area contributed by atoms with Crippen molar-refractivity contribution in [2.75, 3.05) is 0 Å². The molecule has 0 aromatic carbocycles. The van der Waals surface area contributed by atoms with Crippen molar-refractivity contribution in [3.05, 3.63) is 35.5 Å². The summed E-state index contributed by atoms with van der Waals surface area (Å²) in [6.45, 7) is 23.8. The van der Waals surface area contributed by atoms with Crippen LogP contribution in [0.5, 0.6) is 0 Å². The lowest BCUT2D eigenvalue weighted by molar-refractivity contribution is -0.143. The van der Waals surface area contributed by atoms with E-state index in [0.717, 1.165) is 38.0 Å². The fraction of sp³-hybridized carbons (Fsp3) is 0.781. The standard InChI is InChI=1S/C32H50O3/c1-20(2)21(3)10-12-26(35-19-33)28-25(34)18-32(9)24-11-13-27-29(5,6)22(4)14-16-30(27,7)23(24)15-17-31(28,32)8/h11,15,19-20,22,25-28,34H,3,10,12-14,16-18H2,1-2,4-9H3/t22?,25-,26-,27+,28-,30-,31-,32+/m1/s1. The van der Waals surface area contributed by atoms with Gasteiger partial charge in [0.15, 0.2) is 0 Å². The van der Waals surface area contributed by atoms with Crippen LogP contribution in [0.4, 0.5) is 0 Å². The quantitative estimate of drug-likeness (QED) is 0.299. The lowest BCUT2D eigenvalue weighted by Crippen LogP contribution is -2.53. The smallest absolute Gasteiger partial charge is 0.293 e. The van der Waals surface area contributed by atoms with E-state index in [2.05, 4.69) is 74.1 Å². The van der Waals surface area contributed by atoms with Gasteiger partial charge in [-0.3, -0.25) is 4.79 Å². The van der Waals surface area contributed by atoms with Crippen LogP contribution >= 0.6 is 0 Å². The summed E-state index contributed by atoms with van der Waals surface area (Å²) in [6, 6.07) is 0. The Morgan fingerprint density at radius 2 is 1.89 bits per heavy atom. The zero-order valence-corrected chi connectivity index (χ0v) is 23.6. The number of aliphatic hydroxyl groups is 1. The molecule has 0 heterocycles. The van der Waals surface area contributed by atoms with Crippen LogP contribution in [0.1, 0.15) is 100 Å². The molecule has 8 atom stereocenters. The average molecular weight is 483 g/mol. The van der Waals surface area contributed by atoms with E-state index in [9.17, 15) is 9.90 Å². The molecule has 3 heteroatoms. The van der Waals surface area contributed by atoms with Crippen LogP contribution in [-0.4, -0.2) is 23.8 Å². The second-order valence-electron chi connectivity index (χ2n) is 14.1. The topological polar surface area (TPSA) is 46.5 Å². The van der Waals surface area contributed by atoms with Gasteiger partial charge in [-0.05, 0) is 90.1 Å². The molecule has 2 saturated carbocycles. The van der Waals surface area contributed by atoms with Crippen LogP contribution in [0.15, 0.2) is 35.5 Å². The Kier molecular flexibility index (Phi) is 6.78. The highest BCUT2D eigenvalue weighted by Gasteiger charge is 2.66. The van der Waals surface area contributed by atoms with Gasteiger partial charge in [-0.15, -0.1) is 0 Å². The van der Waals surface area contributed by atoms with Crippen molar-refractivity contribution < 1.29 is 14.6 Å². The number of fused-ring (bicyclic) bond motifs is 5. The molecule has 1 unspecified atom stereocenters. The molecule has 0 aromatic heterocycles. The molecule has 0 spiro atoms. The molecule has 0 amide bonds. The SMILES string of the molecule is C=C(CC[C@@H](OC=O)[C@H]1[C@H](O)C[C@@]2(C)C3=CC[C@H]4C(C)(C)C(C)CC[C@]4(C)C3=CC[C@]12C)C(C)C. The normalized spacial score (nSPS) is 42.8. The van der Waals surface area contributed by atoms with Gasteiger partial charge in [0.05, 0.1) is 6.10 Å². The van der Waals surface area contributed by atoms with Crippen molar-refractivity contribution in [3.8, 4) is 0 Å². The van der Waals surface area contributed by atoms with Gasteiger partial charge in [0.1, 0.15) is 6.10 Å². The second-order valence-corrected chi connectivity index (χ2v) is 14.1. The van der Waals surface area contributed by atoms with E-state index in [-0.39, 0.29) is 28.3 Å². The van der Waals surface area contributed by atoms with Crippen molar-refractivity contribution in [1.82, 2.24) is 0 Å². The van der Waals surface area contributed by atoms with Crippen molar-refractivity contribution in [3.63, 3.8) is 0 Å². The zero-order valence-electron chi connectivity index (χ0n) is 23.6. The Hall–Kier alpha value is -1.35. The molecule has 2 fully saturated rings. The molecule has 3 nitrogen and oxygen atoms in total. The molecule has 4 aliphatic rings. The number of carbonyl (C=O) groups excluding carboxylic acids is 1. The summed E-state index contributed by atoms with van der Waals surface area (Å²) in [4.78, 5) is 11.6. The minimum absolute atomic E-state index is 0.0790. The molecular formula is C32H50O3. The van der Waals surface area contributed by atoms with Gasteiger partial charge in [0.25, 0.3) is 6.47 Å². The van der Waals surface area contributed by atoms with Gasteiger partial charge < -0.3 is 9.84 Å². The van der Waals surface area contributed by atoms with Crippen LogP contribution in [0.3, 0.4) is 0 Å². The first-order valence-corrected chi connectivity index (χ1v) is 14.1. The number of ether oxygens (including phenoxy) is 1. The lowest BCUT2D eigenvalue weighted by Gasteiger charge is -2.61. The number of hydrogen-bond donors (Lipinski definition) is 1. The third kappa shape index (κ3) is 3.82. The fourth-order valence-electron chi connectivity index (χ4n) is 8.97. The van der Waals surface area contributed by atoms with Crippen molar-refractivity contribution in [2.45, 2.75) is 113 Å². The van der Waals surface area contributed by atoms with Crippen LogP contribution in [0, 0.1) is 45.3 Å². The van der Waals surface area contributed by atoms with E-state index < -0.39 is 6.10 Å². The zero-order chi connectivity index (χ0) is 26.0. The molecule has 4 aliphatic carbocycles. The summed E-state index contributed by atoms with van der Waals surface area (Å²) in [6.07, 6.45) is 11.2. The average Bonchev–Trinajstić information content (AvgIpc) is 2.99. The molecule has 0 saturated heterocycles. The first-order valence-electron chi connectivity index (χ1n) is 14.1. The van der Waals surface area contributed by atoms with Gasteiger partial charge in [-0.1, -0.05) is 79.7 Å².